The highest BCUT2D eigenvalue weighted by molar-refractivity contribution is 7.74. The van der Waals surface area contributed by atoms with Gasteiger partial charge in [0.25, 0.3) is 0 Å². The van der Waals surface area contributed by atoms with Crippen molar-refractivity contribution in [3.8, 4) is 11.5 Å². The van der Waals surface area contributed by atoms with Gasteiger partial charge in [-0.1, -0.05) is 103 Å². The van der Waals surface area contributed by atoms with Crippen molar-refractivity contribution in [3.05, 3.63) is 23.8 Å². The van der Waals surface area contributed by atoms with Crippen molar-refractivity contribution in [2.75, 3.05) is 0 Å². The number of rotatable bonds is 19. The molecule has 1 aromatic carbocycles. The number of hydrogen-bond acceptors (Lipinski definition) is 4. The van der Waals surface area contributed by atoms with E-state index in [1.165, 1.54) is 102 Å². The van der Waals surface area contributed by atoms with Gasteiger partial charge in [-0.05, 0) is 36.6 Å². The molecule has 5 heteroatoms. The van der Waals surface area contributed by atoms with E-state index in [1.807, 2.05) is 0 Å². The first-order valence-electron chi connectivity index (χ1n) is 11.7. The molecule has 29 heavy (non-hydrogen) atoms. The van der Waals surface area contributed by atoms with Gasteiger partial charge >= 0.3 is 0 Å². The Morgan fingerprint density at radius 3 is 1.69 bits per heavy atom. The van der Waals surface area contributed by atoms with Crippen molar-refractivity contribution >= 4 is 11.4 Å². The van der Waals surface area contributed by atoms with Crippen LogP contribution < -0.4 is 4.18 Å². The first kappa shape index (κ1) is 26.0. The van der Waals surface area contributed by atoms with Crippen LogP contribution in [0.15, 0.2) is 18.2 Å². The molecule has 0 saturated carbocycles. The van der Waals surface area contributed by atoms with Crippen LogP contribution in [-0.2, 0) is 17.8 Å². The van der Waals surface area contributed by atoms with Crippen LogP contribution in [0.1, 0.15) is 115 Å². The van der Waals surface area contributed by atoms with E-state index in [1.54, 1.807) is 6.07 Å². The molecule has 0 spiro atoms. The third-order valence-electron chi connectivity index (χ3n) is 5.50. The van der Waals surface area contributed by atoms with Crippen LogP contribution in [0.4, 0.5) is 0 Å². The van der Waals surface area contributed by atoms with Gasteiger partial charge in [0, 0.05) is 0 Å². The number of unbranched alkanes of at least 4 members (excludes halogenated alkanes) is 15. The molecule has 4 nitrogen and oxygen atoms in total. The van der Waals surface area contributed by atoms with E-state index in [0.717, 1.165) is 24.8 Å². The highest BCUT2D eigenvalue weighted by Gasteiger charge is 2.06. The van der Waals surface area contributed by atoms with E-state index < -0.39 is 11.4 Å². The average molecular weight is 426 g/mol. The van der Waals surface area contributed by atoms with Crippen molar-refractivity contribution in [3.63, 3.8) is 0 Å². The zero-order valence-corrected chi connectivity index (χ0v) is 19.1. The molecule has 0 saturated heterocycles. The molecule has 1 unspecified atom stereocenters. The van der Waals surface area contributed by atoms with Gasteiger partial charge in [-0.15, -0.1) is 0 Å². The zero-order valence-electron chi connectivity index (χ0n) is 18.3. The Labute approximate surface area is 180 Å². The second-order valence-electron chi connectivity index (χ2n) is 8.13. The first-order valence-corrected chi connectivity index (χ1v) is 12.7. The number of aryl methyl sites for hydroxylation is 1. The summed E-state index contributed by atoms with van der Waals surface area (Å²) >= 11 is -2.58. The summed E-state index contributed by atoms with van der Waals surface area (Å²) in [5.74, 6) is 0.456. The molecule has 1 atom stereocenters. The Kier molecular flexibility index (Phi) is 15.9. The molecule has 1 rings (SSSR count). The maximum Gasteiger partial charge on any atom is 0.142 e. The van der Waals surface area contributed by atoms with Crippen molar-refractivity contribution in [2.45, 2.75) is 116 Å². The fourth-order valence-corrected chi connectivity index (χ4v) is 4.09. The van der Waals surface area contributed by atoms with E-state index in [2.05, 4.69) is 6.92 Å². The van der Waals surface area contributed by atoms with Crippen LogP contribution in [0, 0.1) is 0 Å². The van der Waals surface area contributed by atoms with Crippen molar-refractivity contribution < 1.29 is 18.1 Å². The van der Waals surface area contributed by atoms with Gasteiger partial charge in [-0.25, -0.2) is 4.21 Å². The molecule has 0 aliphatic carbocycles. The van der Waals surface area contributed by atoms with Crippen molar-refractivity contribution in [1.82, 2.24) is 0 Å². The monoisotopic (exact) mass is 425 g/mol. The molecule has 0 bridgehead atoms. The van der Waals surface area contributed by atoms with Gasteiger partial charge < -0.3 is 13.8 Å². The van der Waals surface area contributed by atoms with E-state index in [-0.39, 0.29) is 5.75 Å². The molecule has 0 fully saturated rings. The Morgan fingerprint density at radius 2 is 1.24 bits per heavy atom. The molecule has 1 aromatic rings. The van der Waals surface area contributed by atoms with E-state index in [0.29, 0.717) is 5.75 Å². The van der Waals surface area contributed by atoms with Crippen LogP contribution in [0.5, 0.6) is 11.5 Å². The Hall–Kier alpha value is -1.07. The minimum absolute atomic E-state index is 0.139. The number of phenols is 1. The fourth-order valence-electron chi connectivity index (χ4n) is 3.78. The largest absolute Gasteiger partial charge is 0.740 e. The molecule has 0 radical (unpaired) electrons. The van der Waals surface area contributed by atoms with Gasteiger partial charge in [0.15, 0.2) is 0 Å². The molecular weight excluding hydrogens is 384 g/mol. The van der Waals surface area contributed by atoms with E-state index in [4.69, 9.17) is 4.18 Å². The van der Waals surface area contributed by atoms with Crippen LogP contribution in [0.3, 0.4) is 0 Å². The molecule has 1 N–H and O–H groups in total. The predicted molar refractivity (Wildman–Crippen MR) is 121 cm³/mol. The van der Waals surface area contributed by atoms with Crippen molar-refractivity contribution in [2.24, 2.45) is 0 Å². The summed E-state index contributed by atoms with van der Waals surface area (Å²) in [5.41, 5.74) is 0.750. The van der Waals surface area contributed by atoms with Crippen LogP contribution in [0.2, 0.25) is 0 Å². The smallest absolute Gasteiger partial charge is 0.142 e. The quantitative estimate of drug-likeness (QED) is 0.185. The maximum atomic E-state index is 10.7. The fraction of sp³-hybridized carbons (Fsp3) is 0.750. The van der Waals surface area contributed by atoms with E-state index >= 15 is 0 Å². The van der Waals surface area contributed by atoms with E-state index in [9.17, 15) is 13.9 Å². The maximum absolute atomic E-state index is 10.7. The molecule has 168 valence electrons. The van der Waals surface area contributed by atoms with Gasteiger partial charge in [0.1, 0.15) is 22.9 Å². The predicted octanol–water partition coefficient (Wildman–Crippen LogP) is 7.37. The molecular formula is C24H41O4S-. The number of phenolic OH excluding ortho intramolecular Hbond substituents is 1. The van der Waals surface area contributed by atoms with Gasteiger partial charge in [-0.3, -0.25) is 0 Å². The van der Waals surface area contributed by atoms with Gasteiger partial charge in [-0.2, -0.15) is 0 Å². The summed E-state index contributed by atoms with van der Waals surface area (Å²) in [6, 6.07) is 4.54. The van der Waals surface area contributed by atoms with Crippen LogP contribution in [0.25, 0.3) is 0 Å². The van der Waals surface area contributed by atoms with Crippen LogP contribution in [-0.4, -0.2) is 13.9 Å². The number of hydrogen-bond donors (Lipinski definition) is 1. The highest BCUT2D eigenvalue weighted by atomic mass is 32.2. The topological polar surface area (TPSA) is 69.6 Å². The van der Waals surface area contributed by atoms with Crippen molar-refractivity contribution in [1.29, 1.82) is 0 Å². The Morgan fingerprint density at radius 1 is 0.793 bits per heavy atom. The molecule has 0 amide bonds. The first-order chi connectivity index (χ1) is 14.1. The minimum Gasteiger partial charge on any atom is -0.740 e. The standard InChI is InChI=1S/C24H42O4S/c1-2-3-4-5-6-7-8-9-10-11-12-13-14-15-16-17-18-22-21-23(25)19-20-24(22)28-29(26)27/h19-21,25H,2-18H2,1H3,(H,26,27)/p-1. The minimum atomic E-state index is -2.58. The summed E-state index contributed by atoms with van der Waals surface area (Å²) in [7, 11) is 0. The summed E-state index contributed by atoms with van der Waals surface area (Å²) < 4.78 is 26.3. The summed E-state index contributed by atoms with van der Waals surface area (Å²) in [4.78, 5) is 0. The van der Waals surface area contributed by atoms with Gasteiger partial charge in [0.2, 0.25) is 0 Å². The Balaban J connectivity index is 1.94. The summed E-state index contributed by atoms with van der Waals surface area (Å²) in [6.07, 6.45) is 21.9. The normalized spacial score (nSPS) is 12.2. The molecule has 0 heterocycles. The number of benzene rings is 1. The SMILES string of the molecule is CCCCCCCCCCCCCCCCCCc1cc(O)ccc1OS(=O)[O-]. The zero-order chi connectivity index (χ0) is 21.2. The molecule has 0 aliphatic heterocycles. The summed E-state index contributed by atoms with van der Waals surface area (Å²) in [5, 5.41) is 9.60. The molecule has 0 aromatic heterocycles. The second-order valence-corrected chi connectivity index (χ2v) is 8.71. The number of aromatic hydroxyl groups is 1. The summed E-state index contributed by atoms with van der Waals surface area (Å²) in [6.45, 7) is 2.27. The average Bonchev–Trinajstić information content (AvgIpc) is 2.69. The lowest BCUT2D eigenvalue weighted by Crippen LogP contribution is -2.01. The van der Waals surface area contributed by atoms with Gasteiger partial charge in [0.05, 0.1) is 0 Å². The molecule has 0 aliphatic rings. The Bertz CT molecular complexity index is 548. The lowest BCUT2D eigenvalue weighted by atomic mass is 10.0. The van der Waals surface area contributed by atoms with Crippen LogP contribution >= 0.6 is 0 Å². The second kappa shape index (κ2) is 17.8. The third kappa shape index (κ3) is 14.5. The third-order valence-corrected chi connectivity index (χ3v) is 5.82. The lowest BCUT2D eigenvalue weighted by molar-refractivity contribution is 0.434. The highest BCUT2D eigenvalue weighted by Crippen LogP contribution is 2.26. The lowest BCUT2D eigenvalue weighted by Gasteiger charge is -2.12.